The summed E-state index contributed by atoms with van der Waals surface area (Å²) in [6.07, 6.45) is 9.22. The van der Waals surface area contributed by atoms with Crippen LogP contribution in [0.5, 0.6) is 11.5 Å². The molecule has 0 atom stereocenters. The van der Waals surface area contributed by atoms with Crippen molar-refractivity contribution >= 4 is 161 Å². The minimum Gasteiger partial charge on any atom is -0.496 e. The first-order valence-corrected chi connectivity index (χ1v) is 43.2. The van der Waals surface area contributed by atoms with E-state index in [9.17, 15) is 38.9 Å². The molecule has 5 N–H and O–H groups in total. The molecule has 0 radical (unpaired) electrons. The third-order valence-corrected chi connectivity index (χ3v) is 25.3. The van der Waals surface area contributed by atoms with Crippen molar-refractivity contribution in [3.05, 3.63) is 241 Å². The van der Waals surface area contributed by atoms with E-state index >= 15 is 0 Å². The molecule has 0 amide bonds. The van der Waals surface area contributed by atoms with Gasteiger partial charge in [-0.1, -0.05) is 43.8 Å². The molecule has 5 heterocycles. The number of fused-ring (bicyclic) bond motifs is 23. The number of rotatable bonds is 23. The highest BCUT2D eigenvalue weighted by molar-refractivity contribution is 6.20. The van der Waals surface area contributed by atoms with E-state index in [0.29, 0.717) is 72.0 Å². The van der Waals surface area contributed by atoms with Crippen LogP contribution in [-0.2, 0) is 58.4 Å². The van der Waals surface area contributed by atoms with Gasteiger partial charge in [0.1, 0.15) is 11.5 Å². The minimum absolute atomic E-state index is 0.0318. The summed E-state index contributed by atoms with van der Waals surface area (Å²) in [5, 5.41) is 25.7. The highest BCUT2D eigenvalue weighted by Crippen LogP contribution is 2.47. The molecule has 0 spiro atoms. The quantitative estimate of drug-likeness (QED) is 0.0233. The van der Waals surface area contributed by atoms with Crippen molar-refractivity contribution in [3.63, 3.8) is 0 Å². The monoisotopic (exact) mass is 1660 g/mol. The molecule has 10 aromatic carbocycles. The van der Waals surface area contributed by atoms with E-state index in [1.807, 2.05) is 79.7 Å². The SMILES string of the molecule is C=C1CCc2c1ccc1c2c2c3c(ccc2n1CCN)C(=O)CC3.C=C1CCc2c1ccc1c2c2c3c(ccc2n1CCNCC)C(=O)CC3.CC(=O)c1ccc2c(c1)c1cc(C(C)=O)ccc1n2CCN.COc1cc2c(cc1C(C)=O)c1cc(C(C)=O)c(OC)cc1n2CCCN(C)C.Cc1ccc2c(c1)c1cc([N+](=O)[O-])ccc1n2CCCN(C)C. The van der Waals surface area contributed by atoms with Crippen LogP contribution >= 0.6 is 0 Å². The molecule has 4 aliphatic rings. The fraction of sp³-hybridized carbons (Fsp3) is 0.320. The molecule has 21 heteroatoms. The molecule has 15 aromatic rings. The molecule has 0 saturated heterocycles. The van der Waals surface area contributed by atoms with Gasteiger partial charge in [0.05, 0.1) is 41.3 Å². The van der Waals surface area contributed by atoms with Gasteiger partial charge in [0, 0.05) is 210 Å². The molecular weight excluding hydrogens is 1550 g/mol. The number of methoxy groups -OCH3 is 2. The molecule has 21 nitrogen and oxygen atoms in total. The maximum absolute atomic E-state index is 12.3. The van der Waals surface area contributed by atoms with Crippen molar-refractivity contribution in [2.24, 2.45) is 11.5 Å². The first kappa shape index (κ1) is 86.4. The molecule has 638 valence electrons. The van der Waals surface area contributed by atoms with Gasteiger partial charge in [-0.2, -0.15) is 0 Å². The predicted octanol–water partition coefficient (Wildman–Crippen LogP) is 19.6. The van der Waals surface area contributed by atoms with Crippen LogP contribution in [0.1, 0.15) is 174 Å². The Morgan fingerprint density at radius 1 is 0.427 bits per heavy atom. The van der Waals surface area contributed by atoms with E-state index in [-0.39, 0.29) is 39.5 Å². The summed E-state index contributed by atoms with van der Waals surface area (Å²) in [6.45, 7) is 28.0. The summed E-state index contributed by atoms with van der Waals surface area (Å²) in [6, 6.07) is 47.7. The Balaban J connectivity index is 0.000000120. The van der Waals surface area contributed by atoms with Crippen molar-refractivity contribution < 1.29 is 43.2 Å². The Kier molecular flexibility index (Phi) is 25.2. The lowest BCUT2D eigenvalue weighted by molar-refractivity contribution is -0.384. The third-order valence-electron chi connectivity index (χ3n) is 25.3. The standard InChI is InChI=1S/C23H28N2O4.C23H24N2O.C21H20N2O.C18H21N3O2.C18H18N2O2/c1-14(26)16-10-18-19-11-17(15(2)27)23(29-6)13-21(19)25(9-7-8-24(3)4)20(18)12-22(16)28-5;1-3-24-12-13-25-19-9-6-15-14(2)4-5-17(15)22(19)23-18-8-11-21(26)16(18)7-10-20(23)25;1-12-2-3-15-13(12)4-7-17-20(15)21-16-6-9-19(24)14(16)5-8-18(21)23(17)11-10-22;1-13-5-7-17-15(11-13)16-12-14(21(22)23)6-8-18(16)20(17)10-4-9-19(2)3;1-11(21)13-3-5-17-15(9-13)16-10-14(12(2)22)4-6-18(16)20(17)8-7-19/h10-13H,7-9H2,1-6H3;6-7,9-10,24H,2-5,8,11-13H2,1H3;4-5,7-8H,1-3,6,9-11,22H2;5-8,11-12H,4,9-10H2,1-3H3;3-6,9-10H,7-8,19H2,1-2H3. The van der Waals surface area contributed by atoms with Crippen molar-refractivity contribution in [1.82, 2.24) is 38.0 Å². The molecule has 4 aliphatic carbocycles. The number of carbonyl (C=O) groups is 6. The van der Waals surface area contributed by atoms with Crippen LogP contribution in [-0.4, -0.2) is 154 Å². The first-order valence-electron chi connectivity index (χ1n) is 43.2. The Morgan fingerprint density at radius 2 is 0.774 bits per heavy atom. The van der Waals surface area contributed by atoms with E-state index in [2.05, 4.69) is 147 Å². The van der Waals surface area contributed by atoms with E-state index in [1.54, 1.807) is 40.2 Å². The second-order valence-electron chi connectivity index (χ2n) is 33.8. The highest BCUT2D eigenvalue weighted by atomic mass is 16.6. The summed E-state index contributed by atoms with van der Waals surface area (Å²) in [5.74, 6) is 1.64. The number of ketones is 6. The average molecular weight is 1660 g/mol. The van der Waals surface area contributed by atoms with Crippen molar-refractivity contribution in [2.45, 2.75) is 138 Å². The average Bonchev–Trinajstić information content (AvgIpc) is 1.56. The molecule has 5 aromatic heterocycles. The van der Waals surface area contributed by atoms with Crippen molar-refractivity contribution in [3.8, 4) is 11.5 Å². The molecule has 0 aliphatic heterocycles. The number of nitro groups is 1. The number of ether oxygens (including phenoxy) is 2. The number of nitro benzene ring substituents is 1. The fourth-order valence-electron chi connectivity index (χ4n) is 19.4. The van der Waals surface area contributed by atoms with Gasteiger partial charge in [-0.3, -0.25) is 38.9 Å². The van der Waals surface area contributed by atoms with Crippen molar-refractivity contribution in [1.29, 1.82) is 0 Å². The van der Waals surface area contributed by atoms with Crippen molar-refractivity contribution in [2.75, 3.05) is 81.7 Å². The minimum atomic E-state index is -0.329. The van der Waals surface area contributed by atoms with E-state index in [1.165, 1.54) is 102 Å². The predicted molar refractivity (Wildman–Crippen MR) is 505 cm³/mol. The Morgan fingerprint density at radius 3 is 1.17 bits per heavy atom. The van der Waals surface area contributed by atoms with E-state index in [4.69, 9.17) is 20.9 Å². The number of Topliss-reactive ketones (excluding diaryl/α,β-unsaturated/α-hetero) is 6. The van der Waals surface area contributed by atoms with Gasteiger partial charge >= 0.3 is 0 Å². The molecule has 0 bridgehead atoms. The van der Waals surface area contributed by atoms with Crippen LogP contribution in [0.15, 0.2) is 159 Å². The second-order valence-corrected chi connectivity index (χ2v) is 33.8. The number of carbonyl (C=O) groups excluding carboxylic acids is 6. The number of non-ortho nitro benzene ring substituents is 1. The van der Waals surface area contributed by atoms with E-state index < -0.39 is 0 Å². The van der Waals surface area contributed by atoms with Gasteiger partial charge in [-0.15, -0.1) is 0 Å². The molecule has 0 unspecified atom stereocenters. The van der Waals surface area contributed by atoms with Crippen LogP contribution in [0.25, 0.3) is 120 Å². The fourth-order valence-corrected chi connectivity index (χ4v) is 19.4. The van der Waals surface area contributed by atoms with Gasteiger partial charge in [0.25, 0.3) is 5.69 Å². The zero-order valence-corrected chi connectivity index (χ0v) is 73.4. The Hall–Kier alpha value is -12.5. The van der Waals surface area contributed by atoms with Gasteiger partial charge in [0.15, 0.2) is 34.7 Å². The lowest BCUT2D eigenvalue weighted by atomic mass is 9.97. The zero-order valence-electron chi connectivity index (χ0n) is 73.4. The molecule has 0 fully saturated rings. The topological polar surface area (TPSA) is 259 Å². The molecule has 0 saturated carbocycles. The van der Waals surface area contributed by atoms with Crippen LogP contribution < -0.4 is 26.3 Å². The van der Waals surface area contributed by atoms with Crippen LogP contribution in [0, 0.1) is 17.0 Å². The van der Waals surface area contributed by atoms with Gasteiger partial charge in [-0.05, 0) is 281 Å². The smallest absolute Gasteiger partial charge is 0.270 e. The van der Waals surface area contributed by atoms with Gasteiger partial charge in [0.2, 0.25) is 0 Å². The summed E-state index contributed by atoms with van der Waals surface area (Å²) in [7, 11) is 11.4. The number of allylic oxidation sites excluding steroid dienone is 2. The summed E-state index contributed by atoms with van der Waals surface area (Å²) in [4.78, 5) is 87.3. The zero-order chi connectivity index (χ0) is 88.0. The molecule has 19 rings (SSSR count). The van der Waals surface area contributed by atoms with Crippen LogP contribution in [0.4, 0.5) is 5.69 Å². The number of aryl methyl sites for hydroxylation is 7. The number of benzene rings is 10. The number of nitrogens with one attached hydrogen (secondary N) is 1. The van der Waals surface area contributed by atoms with Crippen LogP contribution in [0.2, 0.25) is 0 Å². The number of hydrogen-bond acceptors (Lipinski definition) is 15. The molecular formula is C103H111N11O10. The Bertz CT molecular complexity index is 6620. The van der Waals surface area contributed by atoms with Gasteiger partial charge in [-0.25, -0.2) is 0 Å². The number of hydrogen-bond donors (Lipinski definition) is 3. The van der Waals surface area contributed by atoms with E-state index in [0.717, 1.165) is 186 Å². The molecule has 124 heavy (non-hydrogen) atoms. The number of likely N-dealkylation sites (N-methyl/N-ethyl adjacent to an activating group) is 1. The largest absolute Gasteiger partial charge is 0.496 e. The normalized spacial score (nSPS) is 13.4. The number of aromatic nitrogens is 5. The second kappa shape index (κ2) is 36.1. The third kappa shape index (κ3) is 16.2. The highest BCUT2D eigenvalue weighted by Gasteiger charge is 2.32. The summed E-state index contributed by atoms with van der Waals surface area (Å²) < 4.78 is 22.4. The number of nitrogens with two attached hydrogens (primary N) is 2. The van der Waals surface area contributed by atoms with Gasteiger partial charge < -0.3 is 58.9 Å². The lowest BCUT2D eigenvalue weighted by Crippen LogP contribution is -2.19. The first-order chi connectivity index (χ1) is 59.7. The van der Waals surface area contributed by atoms with Crippen LogP contribution in [0.3, 0.4) is 0 Å². The number of nitrogens with zero attached hydrogens (tertiary/aromatic N) is 8. The summed E-state index contributed by atoms with van der Waals surface area (Å²) in [5.41, 5.74) is 38.9. The maximum Gasteiger partial charge on any atom is 0.270 e. The summed E-state index contributed by atoms with van der Waals surface area (Å²) >= 11 is 0. The lowest BCUT2D eigenvalue weighted by Gasteiger charge is -2.13. The maximum atomic E-state index is 12.3. The Labute approximate surface area is 721 Å².